The number of pyridine rings is 1. The summed E-state index contributed by atoms with van der Waals surface area (Å²) in [5, 5.41) is 5.35. The third-order valence-electron chi connectivity index (χ3n) is 5.40. The summed E-state index contributed by atoms with van der Waals surface area (Å²) in [7, 11) is 0. The summed E-state index contributed by atoms with van der Waals surface area (Å²) in [6.45, 7) is 0. The summed E-state index contributed by atoms with van der Waals surface area (Å²) in [4.78, 5) is 13.6. The SMILES string of the molecule is O=c1c2cc3sc4ccccc4c3cc2c2ccccc2n1-c1ccccc1. The second-order valence-corrected chi connectivity index (χ2v) is 8.07. The van der Waals surface area contributed by atoms with E-state index in [2.05, 4.69) is 42.5 Å². The molecule has 0 fully saturated rings. The molecule has 0 atom stereocenters. The Kier molecular flexibility index (Phi) is 3.22. The van der Waals surface area contributed by atoms with Crippen molar-refractivity contribution in [3.63, 3.8) is 0 Å². The predicted octanol–water partition coefficient (Wildman–Crippen LogP) is 6.51. The molecule has 0 N–H and O–H groups in total. The molecule has 0 amide bonds. The fraction of sp³-hybridized carbons (Fsp3) is 0. The van der Waals surface area contributed by atoms with Gasteiger partial charge >= 0.3 is 0 Å². The number of benzene rings is 4. The molecule has 0 radical (unpaired) electrons. The molecule has 4 aromatic carbocycles. The minimum Gasteiger partial charge on any atom is -0.276 e. The zero-order chi connectivity index (χ0) is 18.7. The maximum absolute atomic E-state index is 13.6. The number of thiophene rings is 1. The maximum Gasteiger partial charge on any atom is 0.263 e. The van der Waals surface area contributed by atoms with Crippen LogP contribution in [0.25, 0.3) is 47.5 Å². The van der Waals surface area contributed by atoms with Crippen LogP contribution in [-0.4, -0.2) is 4.57 Å². The van der Waals surface area contributed by atoms with Crippen molar-refractivity contribution in [2.24, 2.45) is 0 Å². The number of fused-ring (bicyclic) bond motifs is 6. The first-order chi connectivity index (χ1) is 13.8. The van der Waals surface area contributed by atoms with Crippen LogP contribution >= 0.6 is 11.3 Å². The molecule has 2 aromatic heterocycles. The average Bonchev–Trinajstić information content (AvgIpc) is 3.11. The minimum absolute atomic E-state index is 0.0271. The molecular formula is C25H15NOS. The summed E-state index contributed by atoms with van der Waals surface area (Å²) in [6, 6.07) is 30.8. The Labute approximate surface area is 164 Å². The van der Waals surface area contributed by atoms with Crippen LogP contribution in [0, 0.1) is 0 Å². The van der Waals surface area contributed by atoms with Gasteiger partial charge in [0.2, 0.25) is 0 Å². The standard InChI is InChI=1S/C25H15NOS/c27-25-21-15-24-20(18-11-5-7-13-23(18)28-24)14-19(21)17-10-4-6-12-22(17)26(25)16-8-2-1-3-9-16/h1-15H. The number of rotatable bonds is 1. The number of aromatic nitrogens is 1. The van der Waals surface area contributed by atoms with E-state index in [1.807, 2.05) is 53.1 Å². The van der Waals surface area contributed by atoms with Crippen LogP contribution in [0.2, 0.25) is 0 Å². The molecule has 0 saturated heterocycles. The Balaban J connectivity index is 1.86. The Morgan fingerprint density at radius 3 is 2.14 bits per heavy atom. The second kappa shape index (κ2) is 5.78. The van der Waals surface area contributed by atoms with Gasteiger partial charge < -0.3 is 0 Å². The highest BCUT2D eigenvalue weighted by atomic mass is 32.1. The maximum atomic E-state index is 13.6. The first kappa shape index (κ1) is 15.6. The topological polar surface area (TPSA) is 22.0 Å². The van der Waals surface area contributed by atoms with Gasteiger partial charge in [-0.15, -0.1) is 11.3 Å². The van der Waals surface area contributed by atoms with Crippen molar-refractivity contribution in [1.29, 1.82) is 0 Å². The molecule has 2 nitrogen and oxygen atoms in total. The van der Waals surface area contributed by atoms with Crippen LogP contribution in [0.1, 0.15) is 0 Å². The molecule has 6 aromatic rings. The zero-order valence-corrected chi connectivity index (χ0v) is 15.7. The molecular weight excluding hydrogens is 362 g/mol. The molecule has 0 bridgehead atoms. The second-order valence-electron chi connectivity index (χ2n) is 6.99. The third-order valence-corrected chi connectivity index (χ3v) is 6.53. The number of hydrogen-bond acceptors (Lipinski definition) is 2. The largest absolute Gasteiger partial charge is 0.276 e. The Bertz CT molecular complexity index is 1580. The lowest BCUT2D eigenvalue weighted by atomic mass is 10.0. The Morgan fingerprint density at radius 1 is 0.571 bits per heavy atom. The van der Waals surface area contributed by atoms with Crippen molar-refractivity contribution >= 4 is 53.2 Å². The summed E-state index contributed by atoms with van der Waals surface area (Å²) < 4.78 is 4.23. The van der Waals surface area contributed by atoms with Crippen LogP contribution in [0.15, 0.2) is 95.8 Å². The number of para-hydroxylation sites is 2. The summed E-state index contributed by atoms with van der Waals surface area (Å²) in [5.74, 6) is 0. The van der Waals surface area contributed by atoms with Gasteiger partial charge in [-0.25, -0.2) is 0 Å². The minimum atomic E-state index is 0.0271. The van der Waals surface area contributed by atoms with Crippen molar-refractivity contribution in [2.45, 2.75) is 0 Å². The van der Waals surface area contributed by atoms with Crippen molar-refractivity contribution in [3.8, 4) is 5.69 Å². The van der Waals surface area contributed by atoms with Crippen molar-refractivity contribution in [2.75, 3.05) is 0 Å². The van der Waals surface area contributed by atoms with E-state index in [1.54, 1.807) is 11.3 Å². The fourth-order valence-electron chi connectivity index (χ4n) is 4.13. The van der Waals surface area contributed by atoms with Crippen LogP contribution < -0.4 is 5.56 Å². The first-order valence-electron chi connectivity index (χ1n) is 9.25. The molecule has 0 aliphatic carbocycles. The quantitative estimate of drug-likeness (QED) is 0.299. The lowest BCUT2D eigenvalue weighted by Gasteiger charge is -2.13. The summed E-state index contributed by atoms with van der Waals surface area (Å²) in [5.41, 5.74) is 1.85. The van der Waals surface area contributed by atoms with E-state index in [1.165, 1.54) is 15.5 Å². The highest BCUT2D eigenvalue weighted by molar-refractivity contribution is 7.25. The molecule has 3 heteroatoms. The predicted molar refractivity (Wildman–Crippen MR) is 120 cm³/mol. The van der Waals surface area contributed by atoms with E-state index in [9.17, 15) is 4.79 Å². The van der Waals surface area contributed by atoms with Gasteiger partial charge in [-0.05, 0) is 41.8 Å². The first-order valence-corrected chi connectivity index (χ1v) is 10.1. The average molecular weight is 377 g/mol. The van der Waals surface area contributed by atoms with Gasteiger partial charge in [0, 0.05) is 36.6 Å². The molecule has 28 heavy (non-hydrogen) atoms. The van der Waals surface area contributed by atoms with Crippen molar-refractivity contribution < 1.29 is 0 Å². The van der Waals surface area contributed by atoms with E-state index < -0.39 is 0 Å². The molecule has 6 rings (SSSR count). The van der Waals surface area contributed by atoms with Crippen LogP contribution in [0.5, 0.6) is 0 Å². The third kappa shape index (κ3) is 2.11. The lowest BCUT2D eigenvalue weighted by Crippen LogP contribution is -2.19. The monoisotopic (exact) mass is 377 g/mol. The normalized spacial score (nSPS) is 11.7. The van der Waals surface area contributed by atoms with E-state index in [0.717, 1.165) is 32.1 Å². The van der Waals surface area contributed by atoms with Gasteiger partial charge in [0.05, 0.1) is 5.52 Å². The van der Waals surface area contributed by atoms with Crippen molar-refractivity contribution in [1.82, 2.24) is 4.57 Å². The van der Waals surface area contributed by atoms with E-state index in [-0.39, 0.29) is 5.56 Å². The molecule has 2 heterocycles. The van der Waals surface area contributed by atoms with E-state index >= 15 is 0 Å². The van der Waals surface area contributed by atoms with Crippen LogP contribution in [0.3, 0.4) is 0 Å². The van der Waals surface area contributed by atoms with E-state index in [4.69, 9.17) is 0 Å². The van der Waals surface area contributed by atoms with E-state index in [0.29, 0.717) is 0 Å². The number of nitrogens with zero attached hydrogens (tertiary/aromatic N) is 1. The molecule has 0 spiro atoms. The number of hydrogen-bond donors (Lipinski definition) is 0. The molecule has 0 unspecified atom stereocenters. The van der Waals surface area contributed by atoms with Gasteiger partial charge in [0.15, 0.2) is 0 Å². The molecule has 0 aliphatic rings. The Hall–Kier alpha value is -3.43. The summed E-state index contributed by atoms with van der Waals surface area (Å²) >= 11 is 1.74. The van der Waals surface area contributed by atoms with Gasteiger partial charge in [0.25, 0.3) is 5.56 Å². The van der Waals surface area contributed by atoms with Gasteiger partial charge in [0.1, 0.15) is 0 Å². The lowest BCUT2D eigenvalue weighted by molar-refractivity contribution is 1.06. The smallest absolute Gasteiger partial charge is 0.263 e. The van der Waals surface area contributed by atoms with Crippen molar-refractivity contribution in [3.05, 3.63) is 101 Å². The highest BCUT2D eigenvalue weighted by Gasteiger charge is 2.14. The zero-order valence-electron chi connectivity index (χ0n) is 14.9. The summed E-state index contributed by atoms with van der Waals surface area (Å²) in [6.07, 6.45) is 0. The van der Waals surface area contributed by atoms with Gasteiger partial charge in [-0.1, -0.05) is 54.6 Å². The molecule has 0 aliphatic heterocycles. The highest BCUT2D eigenvalue weighted by Crippen LogP contribution is 2.37. The fourth-order valence-corrected chi connectivity index (χ4v) is 5.26. The van der Waals surface area contributed by atoms with Crippen LogP contribution in [-0.2, 0) is 0 Å². The van der Waals surface area contributed by atoms with Gasteiger partial charge in [-0.3, -0.25) is 9.36 Å². The Morgan fingerprint density at radius 2 is 1.29 bits per heavy atom. The molecule has 0 saturated carbocycles. The molecule has 132 valence electrons. The van der Waals surface area contributed by atoms with Crippen LogP contribution in [0.4, 0.5) is 0 Å². The van der Waals surface area contributed by atoms with Gasteiger partial charge in [-0.2, -0.15) is 0 Å².